The van der Waals surface area contributed by atoms with Crippen molar-refractivity contribution in [1.29, 1.82) is 0 Å². The molecule has 1 aromatic carbocycles. The molecule has 1 saturated heterocycles. The normalized spacial score (nSPS) is 15.9. The number of halogens is 1. The van der Waals surface area contributed by atoms with E-state index in [-0.39, 0.29) is 11.9 Å². The molecule has 150 valence electrons. The lowest BCUT2D eigenvalue weighted by atomic mass is 10.1. The number of anilines is 2. The van der Waals surface area contributed by atoms with E-state index in [1.807, 2.05) is 30.5 Å². The van der Waals surface area contributed by atoms with Crippen LogP contribution in [0.2, 0.25) is 0 Å². The molecular formula is C22H25FN6. The second kappa shape index (κ2) is 8.96. The molecule has 1 aliphatic rings. The summed E-state index contributed by atoms with van der Waals surface area (Å²) in [6, 6.07) is 16.4. The smallest absolute Gasteiger partial charge is 0.148 e. The van der Waals surface area contributed by atoms with Crippen LogP contribution in [-0.4, -0.2) is 58.8 Å². The Balaban J connectivity index is 1.27. The summed E-state index contributed by atoms with van der Waals surface area (Å²) in [5.41, 5.74) is 1.58. The van der Waals surface area contributed by atoms with Gasteiger partial charge in [0.2, 0.25) is 0 Å². The largest absolute Gasteiger partial charge is 0.365 e. The van der Waals surface area contributed by atoms with Gasteiger partial charge in [-0.1, -0.05) is 6.07 Å². The van der Waals surface area contributed by atoms with Crippen molar-refractivity contribution >= 4 is 11.6 Å². The predicted molar refractivity (Wildman–Crippen MR) is 113 cm³/mol. The van der Waals surface area contributed by atoms with E-state index in [9.17, 15) is 4.39 Å². The van der Waals surface area contributed by atoms with E-state index in [0.717, 1.165) is 55.6 Å². The minimum Gasteiger partial charge on any atom is -0.365 e. The van der Waals surface area contributed by atoms with E-state index in [4.69, 9.17) is 0 Å². The van der Waals surface area contributed by atoms with Crippen molar-refractivity contribution in [3.05, 3.63) is 66.6 Å². The minimum atomic E-state index is -0.255. The molecule has 0 aliphatic carbocycles. The molecular weight excluding hydrogens is 367 g/mol. The highest BCUT2D eigenvalue weighted by atomic mass is 19.1. The molecule has 1 fully saturated rings. The van der Waals surface area contributed by atoms with Crippen molar-refractivity contribution in [3.8, 4) is 11.3 Å². The Bertz CT molecular complexity index is 893. The third kappa shape index (κ3) is 5.06. The number of hydrogen-bond donors (Lipinski definition) is 1. The van der Waals surface area contributed by atoms with Gasteiger partial charge in [-0.2, -0.15) is 0 Å². The number of benzene rings is 1. The molecule has 1 atom stereocenters. The van der Waals surface area contributed by atoms with E-state index in [0.29, 0.717) is 0 Å². The molecule has 3 aromatic rings. The Morgan fingerprint density at radius 3 is 2.41 bits per heavy atom. The van der Waals surface area contributed by atoms with Gasteiger partial charge >= 0.3 is 0 Å². The van der Waals surface area contributed by atoms with Gasteiger partial charge in [0.05, 0.1) is 5.69 Å². The molecule has 0 spiro atoms. The fourth-order valence-corrected chi connectivity index (χ4v) is 3.57. The molecule has 1 unspecified atom stereocenters. The van der Waals surface area contributed by atoms with Crippen molar-refractivity contribution < 1.29 is 4.39 Å². The zero-order valence-electron chi connectivity index (χ0n) is 16.5. The van der Waals surface area contributed by atoms with E-state index in [2.05, 4.69) is 43.3 Å². The van der Waals surface area contributed by atoms with Gasteiger partial charge in [-0.15, -0.1) is 10.2 Å². The van der Waals surface area contributed by atoms with Crippen molar-refractivity contribution in [2.24, 2.45) is 0 Å². The maximum absolute atomic E-state index is 13.1. The van der Waals surface area contributed by atoms with Crippen LogP contribution in [0.1, 0.15) is 6.92 Å². The number of aromatic nitrogens is 3. The Morgan fingerprint density at radius 2 is 1.76 bits per heavy atom. The number of nitrogens with one attached hydrogen (secondary N) is 1. The summed E-state index contributed by atoms with van der Waals surface area (Å²) in [5, 5.41) is 12.0. The minimum absolute atomic E-state index is 0.252. The van der Waals surface area contributed by atoms with Gasteiger partial charge in [-0.05, 0) is 55.5 Å². The van der Waals surface area contributed by atoms with Gasteiger partial charge in [0.25, 0.3) is 0 Å². The van der Waals surface area contributed by atoms with E-state index in [1.54, 1.807) is 12.1 Å². The molecule has 6 nitrogen and oxygen atoms in total. The lowest BCUT2D eigenvalue weighted by Crippen LogP contribution is -2.49. The molecule has 4 rings (SSSR count). The number of hydrogen-bond acceptors (Lipinski definition) is 6. The van der Waals surface area contributed by atoms with Crippen LogP contribution in [0.5, 0.6) is 0 Å². The van der Waals surface area contributed by atoms with Crippen molar-refractivity contribution in [2.45, 2.75) is 13.0 Å². The van der Waals surface area contributed by atoms with Gasteiger partial charge in [-0.25, -0.2) is 9.37 Å². The van der Waals surface area contributed by atoms with Crippen molar-refractivity contribution in [3.63, 3.8) is 0 Å². The quantitative estimate of drug-likeness (QED) is 0.695. The summed E-state index contributed by atoms with van der Waals surface area (Å²) in [7, 11) is 0. The topological polar surface area (TPSA) is 57.2 Å². The highest BCUT2D eigenvalue weighted by Crippen LogP contribution is 2.18. The van der Waals surface area contributed by atoms with E-state index < -0.39 is 0 Å². The second-order valence-electron chi connectivity index (χ2n) is 7.33. The van der Waals surface area contributed by atoms with Crippen LogP contribution >= 0.6 is 0 Å². The average Bonchev–Trinajstić information content (AvgIpc) is 2.76. The SMILES string of the molecule is CC(CN1CCN(c2ccccn2)CC1)Nc1ccc(-c2ccc(F)cc2)nn1. The molecule has 0 radical (unpaired) electrons. The molecule has 1 N–H and O–H groups in total. The zero-order chi connectivity index (χ0) is 20.1. The maximum Gasteiger partial charge on any atom is 0.148 e. The van der Waals surface area contributed by atoms with Gasteiger partial charge in [0, 0.05) is 50.5 Å². The number of rotatable bonds is 6. The highest BCUT2D eigenvalue weighted by molar-refractivity contribution is 5.59. The van der Waals surface area contributed by atoms with Crippen LogP contribution in [-0.2, 0) is 0 Å². The zero-order valence-corrected chi connectivity index (χ0v) is 16.5. The molecule has 2 aromatic heterocycles. The number of nitrogens with zero attached hydrogens (tertiary/aromatic N) is 5. The molecule has 3 heterocycles. The summed E-state index contributed by atoms with van der Waals surface area (Å²) >= 11 is 0. The van der Waals surface area contributed by atoms with Crippen LogP contribution in [0, 0.1) is 5.82 Å². The standard InChI is InChI=1S/C22H25FN6/c1-17(16-28-12-14-29(15-13-28)22-4-2-3-11-24-22)25-21-10-9-20(26-27-21)18-5-7-19(23)8-6-18/h2-11,17H,12-16H2,1H3,(H,25,27). The first kappa shape index (κ1) is 19.3. The highest BCUT2D eigenvalue weighted by Gasteiger charge is 2.19. The first-order valence-corrected chi connectivity index (χ1v) is 9.92. The van der Waals surface area contributed by atoms with Crippen molar-refractivity contribution in [2.75, 3.05) is 42.9 Å². The van der Waals surface area contributed by atoms with Gasteiger partial charge in [0.15, 0.2) is 0 Å². The van der Waals surface area contributed by atoms with E-state index >= 15 is 0 Å². The molecule has 0 bridgehead atoms. The monoisotopic (exact) mass is 392 g/mol. The Labute approximate surface area is 170 Å². The maximum atomic E-state index is 13.1. The molecule has 7 heteroatoms. The Morgan fingerprint density at radius 1 is 0.966 bits per heavy atom. The Kier molecular flexibility index (Phi) is 5.95. The number of pyridine rings is 1. The average molecular weight is 392 g/mol. The molecule has 29 heavy (non-hydrogen) atoms. The van der Waals surface area contributed by atoms with Crippen LogP contribution in [0.15, 0.2) is 60.8 Å². The second-order valence-corrected chi connectivity index (χ2v) is 7.33. The lowest BCUT2D eigenvalue weighted by molar-refractivity contribution is 0.250. The Hall–Kier alpha value is -3.06. The lowest BCUT2D eigenvalue weighted by Gasteiger charge is -2.36. The van der Waals surface area contributed by atoms with Crippen LogP contribution < -0.4 is 10.2 Å². The molecule has 0 amide bonds. The summed E-state index contributed by atoms with van der Waals surface area (Å²) < 4.78 is 13.1. The first-order chi connectivity index (χ1) is 14.2. The van der Waals surface area contributed by atoms with Crippen LogP contribution in [0.3, 0.4) is 0 Å². The fourth-order valence-electron chi connectivity index (χ4n) is 3.57. The molecule has 0 saturated carbocycles. The van der Waals surface area contributed by atoms with Crippen LogP contribution in [0.25, 0.3) is 11.3 Å². The summed E-state index contributed by atoms with van der Waals surface area (Å²) in [4.78, 5) is 9.22. The third-order valence-electron chi connectivity index (χ3n) is 5.08. The third-order valence-corrected chi connectivity index (χ3v) is 5.08. The van der Waals surface area contributed by atoms with Crippen LogP contribution in [0.4, 0.5) is 16.0 Å². The van der Waals surface area contributed by atoms with E-state index in [1.165, 1.54) is 12.1 Å². The van der Waals surface area contributed by atoms with Gasteiger partial charge < -0.3 is 10.2 Å². The number of piperazine rings is 1. The summed E-state index contributed by atoms with van der Waals surface area (Å²) in [6.07, 6.45) is 1.84. The summed E-state index contributed by atoms with van der Waals surface area (Å²) in [5.74, 6) is 1.54. The first-order valence-electron chi connectivity index (χ1n) is 9.92. The fraction of sp³-hybridized carbons (Fsp3) is 0.318. The van der Waals surface area contributed by atoms with Gasteiger partial charge in [0.1, 0.15) is 17.5 Å². The van der Waals surface area contributed by atoms with Crippen molar-refractivity contribution in [1.82, 2.24) is 20.1 Å². The van der Waals surface area contributed by atoms with Gasteiger partial charge in [-0.3, -0.25) is 4.90 Å². The molecule has 1 aliphatic heterocycles. The summed E-state index contributed by atoms with van der Waals surface area (Å²) in [6.45, 7) is 7.08. The predicted octanol–water partition coefficient (Wildman–Crippen LogP) is 3.30.